The van der Waals surface area contributed by atoms with E-state index in [0.29, 0.717) is 27.7 Å². The highest BCUT2D eigenvalue weighted by atomic mass is 35.5. The van der Waals surface area contributed by atoms with Gasteiger partial charge < -0.3 is 14.2 Å². The highest BCUT2D eigenvalue weighted by Gasteiger charge is 2.43. The van der Waals surface area contributed by atoms with Gasteiger partial charge >= 0.3 is 11.9 Å². The highest BCUT2D eigenvalue weighted by Crippen LogP contribution is 2.46. The standard InChI is InChI=1S/C19H21Cl2NO5/c1-6-27-19(24)15-10(3)22-9(2)14(18(23)26-5)16(15)12-7-11(20)8-13(21)17(12)25-4/h7-8,14,16H,6H2,1-5H3/t14-,16+/m0/s1. The number of carbonyl (C=O) groups is 2. The predicted octanol–water partition coefficient (Wildman–Crippen LogP) is 4.19. The molecule has 0 amide bonds. The van der Waals surface area contributed by atoms with E-state index >= 15 is 0 Å². The van der Waals surface area contributed by atoms with Crippen molar-refractivity contribution in [3.8, 4) is 5.75 Å². The van der Waals surface area contributed by atoms with Crippen molar-refractivity contribution in [2.45, 2.75) is 26.7 Å². The summed E-state index contributed by atoms with van der Waals surface area (Å²) >= 11 is 12.5. The molecule has 1 heterocycles. The van der Waals surface area contributed by atoms with Crippen LogP contribution in [0.15, 0.2) is 28.4 Å². The highest BCUT2D eigenvalue weighted by molar-refractivity contribution is 6.35. The van der Waals surface area contributed by atoms with Gasteiger partial charge in [0, 0.05) is 27.9 Å². The van der Waals surface area contributed by atoms with Crippen molar-refractivity contribution in [3.63, 3.8) is 0 Å². The molecule has 1 aromatic rings. The maximum absolute atomic E-state index is 12.7. The van der Waals surface area contributed by atoms with Crippen LogP contribution in [0.3, 0.4) is 0 Å². The maximum atomic E-state index is 12.7. The van der Waals surface area contributed by atoms with Crippen LogP contribution in [0.25, 0.3) is 0 Å². The summed E-state index contributed by atoms with van der Waals surface area (Å²) in [5, 5.41) is 0.616. The first-order chi connectivity index (χ1) is 12.8. The van der Waals surface area contributed by atoms with E-state index in [2.05, 4.69) is 4.99 Å². The Morgan fingerprint density at radius 1 is 1.19 bits per heavy atom. The smallest absolute Gasteiger partial charge is 0.336 e. The van der Waals surface area contributed by atoms with Crippen molar-refractivity contribution in [3.05, 3.63) is 39.0 Å². The quantitative estimate of drug-likeness (QED) is 0.676. The van der Waals surface area contributed by atoms with Gasteiger partial charge in [0.1, 0.15) is 11.7 Å². The molecule has 2 rings (SSSR count). The van der Waals surface area contributed by atoms with Crippen LogP contribution in [0, 0.1) is 5.92 Å². The fourth-order valence-electron chi connectivity index (χ4n) is 3.31. The van der Waals surface area contributed by atoms with Gasteiger partial charge in [-0.1, -0.05) is 23.2 Å². The molecule has 27 heavy (non-hydrogen) atoms. The van der Waals surface area contributed by atoms with Crippen LogP contribution >= 0.6 is 23.2 Å². The van der Waals surface area contributed by atoms with E-state index in [9.17, 15) is 9.59 Å². The molecule has 1 aliphatic rings. The molecule has 0 N–H and O–H groups in total. The molecule has 1 aromatic carbocycles. The molecule has 0 saturated heterocycles. The van der Waals surface area contributed by atoms with E-state index in [-0.39, 0.29) is 17.2 Å². The first kappa shape index (κ1) is 21.3. The number of esters is 2. The molecular weight excluding hydrogens is 393 g/mol. The first-order valence-corrected chi connectivity index (χ1v) is 9.06. The number of aliphatic imine (C=N–C) groups is 1. The molecule has 0 aliphatic carbocycles. The van der Waals surface area contributed by atoms with Crippen LogP contribution in [0.1, 0.15) is 32.3 Å². The Morgan fingerprint density at radius 3 is 2.41 bits per heavy atom. The Labute approximate surface area is 168 Å². The molecule has 146 valence electrons. The van der Waals surface area contributed by atoms with Crippen LogP contribution in [0.5, 0.6) is 5.75 Å². The van der Waals surface area contributed by atoms with Crippen LogP contribution in [0.2, 0.25) is 10.0 Å². The fraction of sp³-hybridized carbons (Fsp3) is 0.421. The number of ether oxygens (including phenoxy) is 3. The molecule has 1 aliphatic heterocycles. The maximum Gasteiger partial charge on any atom is 0.336 e. The molecule has 0 bridgehead atoms. The number of benzene rings is 1. The largest absolute Gasteiger partial charge is 0.495 e. The third-order valence-electron chi connectivity index (χ3n) is 4.36. The van der Waals surface area contributed by atoms with Crippen LogP contribution < -0.4 is 4.74 Å². The fourth-order valence-corrected chi connectivity index (χ4v) is 3.89. The molecule has 0 aromatic heterocycles. The zero-order chi connectivity index (χ0) is 20.3. The second kappa shape index (κ2) is 8.76. The Hall–Kier alpha value is -2.05. The number of methoxy groups -OCH3 is 2. The average Bonchev–Trinajstić information content (AvgIpc) is 2.59. The Kier molecular flexibility index (Phi) is 6.89. The van der Waals surface area contributed by atoms with E-state index in [1.54, 1.807) is 26.8 Å². The summed E-state index contributed by atoms with van der Waals surface area (Å²) in [7, 11) is 2.74. The Morgan fingerprint density at radius 2 is 1.85 bits per heavy atom. The van der Waals surface area contributed by atoms with Crippen LogP contribution in [-0.4, -0.2) is 38.5 Å². The summed E-state index contributed by atoms with van der Waals surface area (Å²) in [6.07, 6.45) is 0. The van der Waals surface area contributed by atoms with Crippen molar-refractivity contribution in [2.24, 2.45) is 10.9 Å². The summed E-state index contributed by atoms with van der Waals surface area (Å²) < 4.78 is 15.6. The van der Waals surface area contributed by atoms with Crippen molar-refractivity contribution >= 4 is 40.9 Å². The monoisotopic (exact) mass is 413 g/mol. The Bertz CT molecular complexity index is 832. The van der Waals surface area contributed by atoms with Crippen molar-refractivity contribution in [1.82, 2.24) is 0 Å². The van der Waals surface area contributed by atoms with Gasteiger partial charge in [0.15, 0.2) is 0 Å². The van der Waals surface area contributed by atoms with E-state index in [1.165, 1.54) is 20.3 Å². The third-order valence-corrected chi connectivity index (χ3v) is 4.85. The SMILES string of the molecule is CCOC(=O)C1=C(C)N=C(C)[C@H](C(=O)OC)[C@H]1c1cc(Cl)cc(Cl)c1OC. The molecule has 0 unspecified atom stereocenters. The van der Waals surface area contributed by atoms with Crippen molar-refractivity contribution < 1.29 is 23.8 Å². The summed E-state index contributed by atoms with van der Waals surface area (Å²) in [6, 6.07) is 3.15. The van der Waals surface area contributed by atoms with Crippen LogP contribution in [-0.2, 0) is 19.1 Å². The Balaban J connectivity index is 2.81. The van der Waals surface area contributed by atoms with Crippen molar-refractivity contribution in [2.75, 3.05) is 20.8 Å². The number of allylic oxidation sites excluding steroid dienone is 1. The van der Waals surface area contributed by atoms with E-state index in [0.717, 1.165) is 0 Å². The lowest BCUT2D eigenvalue weighted by atomic mass is 9.75. The van der Waals surface area contributed by atoms with Gasteiger partial charge in [-0.3, -0.25) is 9.79 Å². The minimum atomic E-state index is -0.846. The van der Waals surface area contributed by atoms with Gasteiger partial charge in [-0.15, -0.1) is 0 Å². The molecule has 0 spiro atoms. The number of hydrogen-bond acceptors (Lipinski definition) is 6. The summed E-state index contributed by atoms with van der Waals surface area (Å²) in [5.41, 5.74) is 1.70. The molecule has 0 fully saturated rings. The van der Waals surface area contributed by atoms with Gasteiger partial charge in [-0.25, -0.2) is 4.79 Å². The lowest BCUT2D eigenvalue weighted by Crippen LogP contribution is -2.36. The number of hydrogen-bond donors (Lipinski definition) is 0. The lowest BCUT2D eigenvalue weighted by Gasteiger charge is -2.32. The predicted molar refractivity (Wildman–Crippen MR) is 104 cm³/mol. The van der Waals surface area contributed by atoms with Gasteiger partial charge in [0.2, 0.25) is 0 Å². The van der Waals surface area contributed by atoms with Gasteiger partial charge in [-0.05, 0) is 32.9 Å². The first-order valence-electron chi connectivity index (χ1n) is 8.30. The molecular formula is C19H21Cl2NO5. The number of rotatable bonds is 5. The topological polar surface area (TPSA) is 74.2 Å². The minimum absolute atomic E-state index is 0.182. The second-order valence-electron chi connectivity index (χ2n) is 5.96. The normalized spacial score (nSPS) is 19.4. The van der Waals surface area contributed by atoms with E-state index < -0.39 is 23.8 Å². The summed E-state index contributed by atoms with van der Waals surface area (Å²) in [4.78, 5) is 29.7. The van der Waals surface area contributed by atoms with Crippen molar-refractivity contribution in [1.29, 1.82) is 0 Å². The molecule has 0 saturated carbocycles. The van der Waals surface area contributed by atoms with Gasteiger partial charge in [0.05, 0.1) is 31.4 Å². The zero-order valence-electron chi connectivity index (χ0n) is 15.8. The van der Waals surface area contributed by atoms with E-state index in [4.69, 9.17) is 37.4 Å². The molecule has 0 radical (unpaired) electrons. The minimum Gasteiger partial charge on any atom is -0.495 e. The molecule has 8 heteroatoms. The third kappa shape index (κ3) is 4.12. The van der Waals surface area contributed by atoms with Gasteiger partial charge in [0.25, 0.3) is 0 Å². The summed E-state index contributed by atoms with van der Waals surface area (Å²) in [6.45, 7) is 5.28. The lowest BCUT2D eigenvalue weighted by molar-refractivity contribution is -0.144. The van der Waals surface area contributed by atoms with E-state index in [1.807, 2.05) is 0 Å². The second-order valence-corrected chi connectivity index (χ2v) is 6.80. The average molecular weight is 414 g/mol. The number of halogens is 2. The number of nitrogens with zero attached hydrogens (tertiary/aromatic N) is 1. The summed E-state index contributed by atoms with van der Waals surface area (Å²) in [5.74, 6) is -2.39. The molecule has 2 atom stereocenters. The molecule has 6 nitrogen and oxygen atoms in total. The van der Waals surface area contributed by atoms with Gasteiger partial charge in [-0.2, -0.15) is 0 Å². The zero-order valence-corrected chi connectivity index (χ0v) is 17.3. The number of carbonyl (C=O) groups excluding carboxylic acids is 2. The van der Waals surface area contributed by atoms with Crippen LogP contribution in [0.4, 0.5) is 0 Å².